The lowest BCUT2D eigenvalue weighted by molar-refractivity contribution is 0.897. The maximum atomic E-state index is 9.53. The number of para-hydroxylation sites is 1. The molecule has 0 bridgehead atoms. The molecule has 1 aromatic carbocycles. The Kier molecular flexibility index (Phi) is 4.09. The Labute approximate surface area is 146 Å². The van der Waals surface area contributed by atoms with Crippen LogP contribution in [0.5, 0.6) is 0 Å². The molecule has 0 unspecified atom stereocenters. The number of aromatic nitrogens is 3. The van der Waals surface area contributed by atoms with Crippen molar-refractivity contribution in [1.29, 1.82) is 5.26 Å². The lowest BCUT2D eigenvalue weighted by Crippen LogP contribution is -2.20. The Morgan fingerprint density at radius 3 is 2.56 bits per heavy atom. The summed E-state index contributed by atoms with van der Waals surface area (Å²) >= 11 is 0. The number of nitriles is 1. The highest BCUT2D eigenvalue weighted by atomic mass is 15.3. The summed E-state index contributed by atoms with van der Waals surface area (Å²) in [7, 11) is 0. The minimum absolute atomic E-state index is 0.503. The molecule has 3 aromatic rings. The molecule has 0 aliphatic carbocycles. The van der Waals surface area contributed by atoms with Crippen LogP contribution in [-0.4, -0.2) is 28.0 Å². The van der Waals surface area contributed by atoms with E-state index in [2.05, 4.69) is 25.9 Å². The first-order valence-electron chi connectivity index (χ1n) is 8.38. The van der Waals surface area contributed by atoms with Gasteiger partial charge in [-0.3, -0.25) is 0 Å². The van der Waals surface area contributed by atoms with Crippen molar-refractivity contribution in [3.8, 4) is 6.07 Å². The van der Waals surface area contributed by atoms with E-state index in [1.165, 1.54) is 12.8 Å². The molecule has 4 rings (SSSR count). The molecular formula is C20H17N5. The smallest absolute Gasteiger partial charge is 0.225 e. The van der Waals surface area contributed by atoms with Gasteiger partial charge in [0.25, 0.3) is 0 Å². The van der Waals surface area contributed by atoms with Crippen LogP contribution in [0.25, 0.3) is 22.6 Å². The molecule has 1 aliphatic rings. The quantitative estimate of drug-likeness (QED) is 0.686. The SMILES string of the molecule is N#CC(=Cc1cnc(N2CCCC2)nc1)c1ccc2ccccc2n1. The third-order valence-corrected chi connectivity index (χ3v) is 4.35. The summed E-state index contributed by atoms with van der Waals surface area (Å²) in [4.78, 5) is 15.6. The van der Waals surface area contributed by atoms with E-state index in [4.69, 9.17) is 0 Å². The molecule has 0 radical (unpaired) electrons. The molecule has 0 atom stereocenters. The molecule has 5 nitrogen and oxygen atoms in total. The van der Waals surface area contributed by atoms with Gasteiger partial charge in [0.2, 0.25) is 5.95 Å². The highest BCUT2D eigenvalue weighted by Gasteiger charge is 2.14. The maximum absolute atomic E-state index is 9.53. The van der Waals surface area contributed by atoms with Gasteiger partial charge in [0.05, 0.1) is 16.8 Å². The highest BCUT2D eigenvalue weighted by Crippen LogP contribution is 2.20. The molecule has 0 spiro atoms. The molecular weight excluding hydrogens is 310 g/mol. The van der Waals surface area contributed by atoms with E-state index in [1.807, 2.05) is 36.4 Å². The van der Waals surface area contributed by atoms with Gasteiger partial charge < -0.3 is 4.90 Å². The number of nitrogens with zero attached hydrogens (tertiary/aromatic N) is 5. The van der Waals surface area contributed by atoms with Crippen molar-refractivity contribution >= 4 is 28.5 Å². The van der Waals surface area contributed by atoms with Crippen LogP contribution in [0, 0.1) is 11.3 Å². The van der Waals surface area contributed by atoms with Crippen molar-refractivity contribution < 1.29 is 0 Å². The number of benzene rings is 1. The summed E-state index contributed by atoms with van der Waals surface area (Å²) < 4.78 is 0. The first-order valence-corrected chi connectivity index (χ1v) is 8.38. The normalized spacial score (nSPS) is 14.7. The Bertz CT molecular complexity index is 963. The molecule has 1 fully saturated rings. The van der Waals surface area contributed by atoms with Gasteiger partial charge in [-0.1, -0.05) is 24.3 Å². The Hall–Kier alpha value is -3.26. The van der Waals surface area contributed by atoms with E-state index >= 15 is 0 Å². The fourth-order valence-electron chi connectivity index (χ4n) is 3.03. The van der Waals surface area contributed by atoms with Crippen LogP contribution < -0.4 is 4.90 Å². The number of fused-ring (bicyclic) bond motifs is 1. The lowest BCUT2D eigenvalue weighted by Gasteiger charge is -2.14. The molecule has 1 aliphatic heterocycles. The molecule has 5 heteroatoms. The van der Waals surface area contributed by atoms with Gasteiger partial charge in [-0.15, -0.1) is 0 Å². The zero-order chi connectivity index (χ0) is 17.1. The lowest BCUT2D eigenvalue weighted by atomic mass is 10.1. The topological polar surface area (TPSA) is 65.7 Å². The highest BCUT2D eigenvalue weighted by molar-refractivity contribution is 5.90. The maximum Gasteiger partial charge on any atom is 0.225 e. The summed E-state index contributed by atoms with van der Waals surface area (Å²) in [6.45, 7) is 2.03. The predicted molar refractivity (Wildman–Crippen MR) is 98.7 cm³/mol. The van der Waals surface area contributed by atoms with E-state index in [0.717, 1.165) is 35.5 Å². The van der Waals surface area contributed by atoms with Gasteiger partial charge in [0.1, 0.15) is 6.07 Å². The Balaban J connectivity index is 1.64. The molecule has 0 saturated carbocycles. The van der Waals surface area contributed by atoms with Gasteiger partial charge in [-0.05, 0) is 31.1 Å². The van der Waals surface area contributed by atoms with E-state index in [0.29, 0.717) is 11.3 Å². The van der Waals surface area contributed by atoms with Crippen LogP contribution in [0.2, 0.25) is 0 Å². The first-order chi connectivity index (χ1) is 12.3. The number of rotatable bonds is 3. The van der Waals surface area contributed by atoms with E-state index in [1.54, 1.807) is 18.5 Å². The van der Waals surface area contributed by atoms with Crippen molar-refractivity contribution in [2.24, 2.45) is 0 Å². The molecule has 122 valence electrons. The Morgan fingerprint density at radius 1 is 1.04 bits per heavy atom. The molecule has 0 amide bonds. The van der Waals surface area contributed by atoms with Gasteiger partial charge in [0.15, 0.2) is 0 Å². The number of anilines is 1. The second-order valence-corrected chi connectivity index (χ2v) is 6.07. The fraction of sp³-hybridized carbons (Fsp3) is 0.200. The largest absolute Gasteiger partial charge is 0.341 e. The van der Waals surface area contributed by atoms with E-state index in [-0.39, 0.29) is 0 Å². The van der Waals surface area contributed by atoms with Crippen LogP contribution >= 0.6 is 0 Å². The van der Waals surface area contributed by atoms with Crippen LogP contribution in [0.15, 0.2) is 48.8 Å². The van der Waals surface area contributed by atoms with Crippen LogP contribution in [0.1, 0.15) is 24.1 Å². The monoisotopic (exact) mass is 327 g/mol. The van der Waals surface area contributed by atoms with Crippen molar-refractivity contribution in [3.05, 3.63) is 60.0 Å². The van der Waals surface area contributed by atoms with Crippen molar-refractivity contribution in [2.75, 3.05) is 18.0 Å². The summed E-state index contributed by atoms with van der Waals surface area (Å²) in [5, 5.41) is 10.6. The third kappa shape index (κ3) is 3.20. The second-order valence-electron chi connectivity index (χ2n) is 6.07. The fourth-order valence-corrected chi connectivity index (χ4v) is 3.03. The van der Waals surface area contributed by atoms with Crippen molar-refractivity contribution in [2.45, 2.75) is 12.8 Å². The van der Waals surface area contributed by atoms with Crippen molar-refractivity contribution in [1.82, 2.24) is 15.0 Å². The number of hydrogen-bond acceptors (Lipinski definition) is 5. The average Bonchev–Trinajstić information content (AvgIpc) is 3.21. The average molecular weight is 327 g/mol. The second kappa shape index (κ2) is 6.70. The number of pyridine rings is 1. The van der Waals surface area contributed by atoms with Crippen LogP contribution in [-0.2, 0) is 0 Å². The van der Waals surface area contributed by atoms with Crippen LogP contribution in [0.4, 0.5) is 5.95 Å². The predicted octanol–water partition coefficient (Wildman–Crippen LogP) is 3.69. The minimum atomic E-state index is 0.503. The molecule has 25 heavy (non-hydrogen) atoms. The molecule has 3 heterocycles. The van der Waals surface area contributed by atoms with Gasteiger partial charge >= 0.3 is 0 Å². The van der Waals surface area contributed by atoms with Crippen molar-refractivity contribution in [3.63, 3.8) is 0 Å². The summed E-state index contributed by atoms with van der Waals surface area (Å²) in [6, 6.07) is 14.0. The molecule has 0 N–H and O–H groups in total. The zero-order valence-corrected chi connectivity index (χ0v) is 13.8. The molecule has 1 saturated heterocycles. The summed E-state index contributed by atoms with van der Waals surface area (Å²) in [5.74, 6) is 0.761. The van der Waals surface area contributed by atoms with Crippen LogP contribution in [0.3, 0.4) is 0 Å². The van der Waals surface area contributed by atoms with E-state index < -0.39 is 0 Å². The zero-order valence-electron chi connectivity index (χ0n) is 13.8. The third-order valence-electron chi connectivity index (χ3n) is 4.35. The number of allylic oxidation sites excluding steroid dienone is 1. The number of hydrogen-bond donors (Lipinski definition) is 0. The minimum Gasteiger partial charge on any atom is -0.341 e. The standard InChI is InChI=1S/C20H17N5/c21-12-17(19-8-7-16-5-1-2-6-18(16)24-19)11-15-13-22-20(23-14-15)25-9-3-4-10-25/h1-2,5-8,11,13-14H,3-4,9-10H2. The Morgan fingerprint density at radius 2 is 1.80 bits per heavy atom. The summed E-state index contributed by atoms with van der Waals surface area (Å²) in [6.07, 6.45) is 7.69. The van der Waals surface area contributed by atoms with Gasteiger partial charge in [-0.2, -0.15) is 5.26 Å². The van der Waals surface area contributed by atoms with Gasteiger partial charge in [-0.25, -0.2) is 15.0 Å². The van der Waals surface area contributed by atoms with Gasteiger partial charge in [0, 0.05) is 36.4 Å². The molecule has 2 aromatic heterocycles. The van der Waals surface area contributed by atoms with E-state index in [9.17, 15) is 5.26 Å². The summed E-state index contributed by atoms with van der Waals surface area (Å²) in [5.41, 5.74) is 2.84. The first kappa shape index (κ1) is 15.3.